The molecule has 0 saturated carbocycles. The molecule has 9 heteroatoms. The van der Waals surface area contributed by atoms with Gasteiger partial charge in [0.25, 0.3) is 5.91 Å². The molecule has 0 spiro atoms. The molecule has 47 heavy (non-hydrogen) atoms. The molecule has 6 rings (SSSR count). The SMILES string of the molecule is CCCCN1C=C(c2ccc(NC(=O)Nc3ccc(C(=O)N4CCC(Cc5ccccc5)CC4)cc3)cc2)SC(N2CCOCC2)=C1. The number of amides is 3. The number of benzene rings is 3. The maximum atomic E-state index is 13.2. The van der Waals surface area contributed by atoms with Crippen LogP contribution in [0.2, 0.25) is 0 Å². The lowest BCUT2D eigenvalue weighted by Gasteiger charge is -2.34. The summed E-state index contributed by atoms with van der Waals surface area (Å²) in [5.41, 5.74) is 4.46. The minimum atomic E-state index is -0.327. The Balaban J connectivity index is 0.991. The standard InChI is InChI=1S/C38H45N5O3S/c1-2-3-19-41-27-35(47-36(28-41)42-22-24-46-25-23-42)31-9-13-33(14-10-31)39-38(45)40-34-15-11-32(12-16-34)37(44)43-20-17-30(18-21-43)26-29-7-5-4-6-8-29/h4-16,27-28,30H,2-3,17-26H2,1H3,(H2,39,40,45). The fourth-order valence-corrected chi connectivity index (χ4v) is 7.37. The highest BCUT2D eigenvalue weighted by Crippen LogP contribution is 2.40. The van der Waals surface area contributed by atoms with Crippen molar-refractivity contribution in [2.75, 3.05) is 56.6 Å². The number of rotatable bonds is 10. The zero-order chi connectivity index (χ0) is 32.4. The zero-order valence-electron chi connectivity index (χ0n) is 27.2. The molecule has 3 aromatic carbocycles. The zero-order valence-corrected chi connectivity index (χ0v) is 28.0. The molecule has 0 aromatic heterocycles. The van der Waals surface area contributed by atoms with Gasteiger partial charge in [0.05, 0.1) is 18.2 Å². The monoisotopic (exact) mass is 651 g/mol. The summed E-state index contributed by atoms with van der Waals surface area (Å²) in [6.07, 6.45) is 9.86. The molecule has 3 aliphatic rings. The first-order chi connectivity index (χ1) is 23.0. The van der Waals surface area contributed by atoms with E-state index in [1.807, 2.05) is 23.1 Å². The van der Waals surface area contributed by atoms with Gasteiger partial charge in [-0.2, -0.15) is 0 Å². The Kier molecular flexibility index (Phi) is 11.2. The summed E-state index contributed by atoms with van der Waals surface area (Å²) in [5.74, 6) is 0.656. The number of unbranched alkanes of at least 4 members (excludes halogenated alkanes) is 1. The third kappa shape index (κ3) is 8.99. The van der Waals surface area contributed by atoms with E-state index in [-0.39, 0.29) is 11.9 Å². The quantitative estimate of drug-likeness (QED) is 0.234. The summed E-state index contributed by atoms with van der Waals surface area (Å²) in [5, 5.41) is 7.07. The molecule has 0 aliphatic carbocycles. The van der Waals surface area contributed by atoms with E-state index in [0.29, 0.717) is 22.9 Å². The molecule has 3 amide bonds. The van der Waals surface area contributed by atoms with Gasteiger partial charge in [-0.1, -0.05) is 67.6 Å². The number of ether oxygens (including phenoxy) is 1. The van der Waals surface area contributed by atoms with Crippen molar-refractivity contribution in [3.8, 4) is 0 Å². The van der Waals surface area contributed by atoms with Crippen LogP contribution in [0.3, 0.4) is 0 Å². The lowest BCUT2D eigenvalue weighted by atomic mass is 9.90. The third-order valence-corrected chi connectivity index (χ3v) is 10.1. The van der Waals surface area contributed by atoms with Gasteiger partial charge >= 0.3 is 6.03 Å². The van der Waals surface area contributed by atoms with Crippen LogP contribution in [0, 0.1) is 5.92 Å². The van der Waals surface area contributed by atoms with E-state index >= 15 is 0 Å². The lowest BCUT2D eigenvalue weighted by molar-refractivity contribution is 0.0571. The highest BCUT2D eigenvalue weighted by atomic mass is 32.2. The van der Waals surface area contributed by atoms with Crippen molar-refractivity contribution in [2.45, 2.75) is 39.0 Å². The smallest absolute Gasteiger partial charge is 0.323 e. The predicted octanol–water partition coefficient (Wildman–Crippen LogP) is 7.70. The summed E-state index contributed by atoms with van der Waals surface area (Å²) < 4.78 is 5.57. The molecule has 0 unspecified atom stereocenters. The van der Waals surface area contributed by atoms with Crippen LogP contribution in [0.1, 0.15) is 54.1 Å². The maximum absolute atomic E-state index is 13.2. The lowest BCUT2D eigenvalue weighted by Crippen LogP contribution is -2.38. The fraction of sp³-hybridized carbons (Fsp3) is 0.368. The number of morpholine rings is 1. The van der Waals surface area contributed by atoms with E-state index < -0.39 is 0 Å². The van der Waals surface area contributed by atoms with Crippen LogP contribution in [-0.2, 0) is 11.2 Å². The Hall–Kier alpha value is -4.21. The van der Waals surface area contributed by atoms with E-state index in [1.165, 1.54) is 15.5 Å². The number of hydrogen-bond donors (Lipinski definition) is 2. The van der Waals surface area contributed by atoms with E-state index in [1.54, 1.807) is 36.0 Å². The van der Waals surface area contributed by atoms with E-state index in [0.717, 1.165) is 83.6 Å². The van der Waals surface area contributed by atoms with Crippen LogP contribution >= 0.6 is 11.8 Å². The van der Waals surface area contributed by atoms with Crippen molar-refractivity contribution < 1.29 is 14.3 Å². The summed E-state index contributed by atoms with van der Waals surface area (Å²) in [7, 11) is 0. The Labute approximate surface area is 282 Å². The van der Waals surface area contributed by atoms with Crippen molar-refractivity contribution in [1.29, 1.82) is 0 Å². The van der Waals surface area contributed by atoms with Crippen LogP contribution in [0.5, 0.6) is 0 Å². The molecule has 3 heterocycles. The molecule has 3 aliphatic heterocycles. The predicted molar refractivity (Wildman–Crippen MR) is 192 cm³/mol. The summed E-state index contributed by atoms with van der Waals surface area (Å²) >= 11 is 1.79. The molecule has 0 radical (unpaired) electrons. The largest absolute Gasteiger partial charge is 0.378 e. The van der Waals surface area contributed by atoms with E-state index in [4.69, 9.17) is 4.74 Å². The number of urea groups is 1. The number of nitrogens with one attached hydrogen (secondary N) is 2. The Bertz CT molecular complexity index is 1540. The Morgan fingerprint density at radius 1 is 0.830 bits per heavy atom. The van der Waals surface area contributed by atoms with Crippen molar-refractivity contribution >= 4 is 40.0 Å². The average Bonchev–Trinajstić information content (AvgIpc) is 3.12. The average molecular weight is 652 g/mol. The van der Waals surface area contributed by atoms with Crippen molar-refractivity contribution in [2.24, 2.45) is 5.92 Å². The molecule has 3 aromatic rings. The number of thioether (sulfide) groups is 1. The molecule has 2 saturated heterocycles. The molecular weight excluding hydrogens is 607 g/mol. The van der Waals surface area contributed by atoms with Crippen LogP contribution < -0.4 is 10.6 Å². The van der Waals surface area contributed by atoms with Gasteiger partial charge in [-0.05, 0) is 79.1 Å². The first kappa shape index (κ1) is 32.7. The van der Waals surface area contributed by atoms with Crippen LogP contribution in [0.4, 0.5) is 16.2 Å². The molecular formula is C38H45N5O3S. The highest BCUT2D eigenvalue weighted by molar-refractivity contribution is 8.11. The molecule has 2 fully saturated rings. The minimum Gasteiger partial charge on any atom is -0.378 e. The van der Waals surface area contributed by atoms with Crippen LogP contribution in [0.15, 0.2) is 96.3 Å². The topological polar surface area (TPSA) is 77.2 Å². The van der Waals surface area contributed by atoms with Gasteiger partial charge in [-0.25, -0.2) is 4.79 Å². The third-order valence-electron chi connectivity index (χ3n) is 8.95. The number of nitrogens with zero attached hydrogens (tertiary/aromatic N) is 3. The number of anilines is 2. The van der Waals surface area contributed by atoms with Gasteiger partial charge in [0.2, 0.25) is 0 Å². The van der Waals surface area contributed by atoms with Gasteiger partial charge in [-0.15, -0.1) is 0 Å². The van der Waals surface area contributed by atoms with Crippen LogP contribution in [0.25, 0.3) is 4.91 Å². The van der Waals surface area contributed by atoms with Gasteiger partial charge < -0.3 is 30.1 Å². The highest BCUT2D eigenvalue weighted by Gasteiger charge is 2.24. The normalized spacial score (nSPS) is 17.2. The second kappa shape index (κ2) is 16.1. The first-order valence-electron chi connectivity index (χ1n) is 16.9. The second-order valence-corrected chi connectivity index (χ2v) is 13.5. The van der Waals surface area contributed by atoms with Crippen molar-refractivity contribution in [3.63, 3.8) is 0 Å². The summed E-state index contributed by atoms with van der Waals surface area (Å²) in [4.78, 5) is 33.8. The Morgan fingerprint density at radius 3 is 2.15 bits per heavy atom. The molecule has 8 nitrogen and oxygen atoms in total. The van der Waals surface area contributed by atoms with Crippen molar-refractivity contribution in [3.05, 3.63) is 113 Å². The molecule has 0 bridgehead atoms. The summed E-state index contributed by atoms with van der Waals surface area (Å²) in [6, 6.07) is 25.4. The number of hydrogen-bond acceptors (Lipinski definition) is 6. The number of carbonyl (C=O) groups is 2. The van der Waals surface area contributed by atoms with Crippen molar-refractivity contribution in [1.82, 2.24) is 14.7 Å². The second-order valence-electron chi connectivity index (χ2n) is 12.4. The van der Waals surface area contributed by atoms with Gasteiger partial charge in [0.15, 0.2) is 0 Å². The first-order valence-corrected chi connectivity index (χ1v) is 17.7. The molecule has 0 atom stereocenters. The van der Waals surface area contributed by atoms with E-state index in [9.17, 15) is 9.59 Å². The van der Waals surface area contributed by atoms with E-state index in [2.05, 4.69) is 76.2 Å². The van der Waals surface area contributed by atoms with Gasteiger partial charge in [0.1, 0.15) is 0 Å². The van der Waals surface area contributed by atoms with Crippen LogP contribution in [-0.4, -0.2) is 72.6 Å². The molecule has 246 valence electrons. The van der Waals surface area contributed by atoms with Gasteiger partial charge in [0, 0.05) is 67.0 Å². The maximum Gasteiger partial charge on any atom is 0.323 e. The minimum absolute atomic E-state index is 0.0477. The number of carbonyl (C=O) groups excluding carboxylic acids is 2. The molecule has 2 N–H and O–H groups in total. The number of piperidine rings is 1. The fourth-order valence-electron chi connectivity index (χ4n) is 6.21. The van der Waals surface area contributed by atoms with Gasteiger partial charge in [-0.3, -0.25) is 4.79 Å². The Morgan fingerprint density at radius 2 is 1.49 bits per heavy atom. The number of likely N-dealkylation sites (tertiary alicyclic amines) is 1. The summed E-state index contributed by atoms with van der Waals surface area (Å²) in [6.45, 7) is 8.06.